The lowest BCUT2D eigenvalue weighted by Gasteiger charge is -2.45. The van der Waals surface area contributed by atoms with Crippen molar-refractivity contribution in [1.29, 1.82) is 0 Å². The Morgan fingerprint density at radius 1 is 1.12 bits per heavy atom. The number of likely N-dealkylation sites (tertiary alicyclic amines) is 1. The minimum Gasteiger partial charge on any atom is -0.330 e. The summed E-state index contributed by atoms with van der Waals surface area (Å²) < 4.78 is 0. The normalized spacial score (nSPS) is 34.8. The molecule has 1 saturated heterocycles. The zero-order valence-electron chi connectivity index (χ0n) is 11.8. The highest BCUT2D eigenvalue weighted by molar-refractivity contribution is 4.89. The molecule has 0 aromatic heterocycles. The molecule has 0 aromatic rings. The van der Waals surface area contributed by atoms with E-state index in [0.717, 1.165) is 18.5 Å². The van der Waals surface area contributed by atoms with E-state index in [1.165, 1.54) is 58.0 Å². The topological polar surface area (TPSA) is 29.3 Å². The van der Waals surface area contributed by atoms with Crippen molar-refractivity contribution < 1.29 is 0 Å². The first-order valence-electron chi connectivity index (χ1n) is 7.59. The Kier molecular flexibility index (Phi) is 4.48. The van der Waals surface area contributed by atoms with Crippen molar-refractivity contribution in [1.82, 2.24) is 4.90 Å². The second-order valence-corrected chi connectivity index (χ2v) is 6.73. The molecule has 2 unspecified atom stereocenters. The number of nitrogens with zero attached hydrogens (tertiary/aromatic N) is 1. The quantitative estimate of drug-likeness (QED) is 0.819. The molecule has 1 aliphatic heterocycles. The monoisotopic (exact) mass is 238 g/mol. The second-order valence-electron chi connectivity index (χ2n) is 6.73. The van der Waals surface area contributed by atoms with Crippen molar-refractivity contribution in [2.24, 2.45) is 17.1 Å². The van der Waals surface area contributed by atoms with E-state index in [4.69, 9.17) is 5.73 Å². The maximum Gasteiger partial charge on any atom is 0.00673 e. The molecule has 2 aliphatic rings. The molecule has 0 amide bonds. The lowest BCUT2D eigenvalue weighted by Crippen LogP contribution is -2.50. The molecule has 0 radical (unpaired) electrons. The van der Waals surface area contributed by atoms with Crippen molar-refractivity contribution in [3.8, 4) is 0 Å². The third kappa shape index (κ3) is 3.23. The van der Waals surface area contributed by atoms with Crippen molar-refractivity contribution in [2.75, 3.05) is 19.6 Å². The lowest BCUT2D eigenvalue weighted by atomic mass is 9.73. The van der Waals surface area contributed by atoms with Crippen molar-refractivity contribution in [3.05, 3.63) is 0 Å². The summed E-state index contributed by atoms with van der Waals surface area (Å²) in [5.41, 5.74) is 6.56. The molecule has 0 aromatic carbocycles. The molecule has 2 atom stereocenters. The molecule has 1 heterocycles. The average Bonchev–Trinajstić information content (AvgIpc) is 2.35. The van der Waals surface area contributed by atoms with Crippen LogP contribution in [0.1, 0.15) is 58.8 Å². The number of hydrogen-bond donors (Lipinski definition) is 1. The Morgan fingerprint density at radius 2 is 1.82 bits per heavy atom. The highest BCUT2D eigenvalue weighted by Gasteiger charge is 2.35. The van der Waals surface area contributed by atoms with Gasteiger partial charge in [0.15, 0.2) is 0 Å². The summed E-state index contributed by atoms with van der Waals surface area (Å²) in [6, 6.07) is 0.775. The van der Waals surface area contributed by atoms with Crippen LogP contribution in [0.5, 0.6) is 0 Å². The van der Waals surface area contributed by atoms with Gasteiger partial charge < -0.3 is 5.73 Å². The van der Waals surface area contributed by atoms with Gasteiger partial charge in [0.25, 0.3) is 0 Å². The summed E-state index contributed by atoms with van der Waals surface area (Å²) in [5, 5.41) is 0. The summed E-state index contributed by atoms with van der Waals surface area (Å²) in [7, 11) is 0. The smallest absolute Gasteiger partial charge is 0.00673 e. The van der Waals surface area contributed by atoms with Crippen LogP contribution < -0.4 is 5.73 Å². The number of rotatable bonds is 3. The van der Waals surface area contributed by atoms with E-state index in [1.54, 1.807) is 0 Å². The minimum atomic E-state index is 0.448. The van der Waals surface area contributed by atoms with Gasteiger partial charge in [0.1, 0.15) is 0 Å². The molecule has 2 rings (SSSR count). The van der Waals surface area contributed by atoms with Gasteiger partial charge >= 0.3 is 0 Å². The average molecular weight is 238 g/mol. The van der Waals surface area contributed by atoms with Gasteiger partial charge in [-0.25, -0.2) is 0 Å². The van der Waals surface area contributed by atoms with Gasteiger partial charge in [0, 0.05) is 19.1 Å². The summed E-state index contributed by atoms with van der Waals surface area (Å²) in [6.07, 6.45) is 9.73. The molecule has 0 bridgehead atoms. The third-order valence-corrected chi connectivity index (χ3v) is 5.13. The molecular formula is C15H30N2. The van der Waals surface area contributed by atoms with Crippen LogP contribution in [0.3, 0.4) is 0 Å². The fourth-order valence-electron chi connectivity index (χ4n) is 3.76. The molecule has 0 spiro atoms. The third-order valence-electron chi connectivity index (χ3n) is 5.13. The van der Waals surface area contributed by atoms with Crippen LogP contribution >= 0.6 is 0 Å². The molecule has 1 aliphatic carbocycles. The first-order chi connectivity index (χ1) is 8.15. The Labute approximate surface area is 107 Å². The summed E-state index contributed by atoms with van der Waals surface area (Å²) >= 11 is 0. The van der Waals surface area contributed by atoms with E-state index in [-0.39, 0.29) is 0 Å². The minimum absolute atomic E-state index is 0.448. The predicted octanol–water partition coefficient (Wildman–Crippen LogP) is 3.02. The van der Waals surface area contributed by atoms with Gasteiger partial charge in [0.05, 0.1) is 0 Å². The Bertz CT molecular complexity index is 233. The van der Waals surface area contributed by atoms with Crippen LogP contribution in [0.4, 0.5) is 0 Å². The Balaban J connectivity index is 1.96. The number of piperidine rings is 1. The zero-order valence-corrected chi connectivity index (χ0v) is 11.8. The summed E-state index contributed by atoms with van der Waals surface area (Å²) in [6.45, 7) is 8.25. The Morgan fingerprint density at radius 3 is 2.47 bits per heavy atom. The highest BCUT2D eigenvalue weighted by atomic mass is 15.2. The van der Waals surface area contributed by atoms with Gasteiger partial charge in [-0.2, -0.15) is 0 Å². The molecular weight excluding hydrogens is 208 g/mol. The van der Waals surface area contributed by atoms with E-state index >= 15 is 0 Å². The molecule has 2 fully saturated rings. The van der Waals surface area contributed by atoms with Crippen LogP contribution in [-0.4, -0.2) is 30.6 Å². The predicted molar refractivity (Wildman–Crippen MR) is 74.0 cm³/mol. The van der Waals surface area contributed by atoms with Crippen LogP contribution in [0.25, 0.3) is 0 Å². The van der Waals surface area contributed by atoms with Crippen molar-refractivity contribution >= 4 is 0 Å². The van der Waals surface area contributed by atoms with E-state index in [1.807, 2.05) is 0 Å². The molecule has 2 nitrogen and oxygen atoms in total. The Hall–Kier alpha value is -0.0800. The van der Waals surface area contributed by atoms with Crippen molar-refractivity contribution in [3.63, 3.8) is 0 Å². The fraction of sp³-hybridized carbons (Fsp3) is 1.00. The van der Waals surface area contributed by atoms with Crippen molar-refractivity contribution in [2.45, 2.75) is 64.8 Å². The lowest BCUT2D eigenvalue weighted by molar-refractivity contribution is 0.0496. The first kappa shape index (κ1) is 13.4. The molecule has 2 heteroatoms. The van der Waals surface area contributed by atoms with E-state index < -0.39 is 0 Å². The van der Waals surface area contributed by atoms with Crippen LogP contribution in [0, 0.1) is 11.3 Å². The SMILES string of the molecule is CC1CCC(C)N(CC2(CN)CCCCC2)C1. The fourth-order valence-corrected chi connectivity index (χ4v) is 3.76. The number of nitrogens with two attached hydrogens (primary N) is 1. The zero-order chi connectivity index (χ0) is 12.3. The molecule has 100 valence electrons. The maximum absolute atomic E-state index is 6.11. The van der Waals surface area contributed by atoms with Gasteiger partial charge in [-0.1, -0.05) is 26.2 Å². The van der Waals surface area contributed by atoms with E-state index in [9.17, 15) is 0 Å². The standard InChI is InChI=1S/C15H30N2/c1-13-6-7-14(2)17(10-13)12-15(11-16)8-4-3-5-9-15/h13-14H,3-12,16H2,1-2H3. The second kappa shape index (κ2) is 5.71. The summed E-state index contributed by atoms with van der Waals surface area (Å²) in [4.78, 5) is 2.73. The molecule has 17 heavy (non-hydrogen) atoms. The first-order valence-corrected chi connectivity index (χ1v) is 7.59. The van der Waals surface area contributed by atoms with E-state index in [2.05, 4.69) is 18.7 Å². The van der Waals surface area contributed by atoms with Gasteiger partial charge in [-0.3, -0.25) is 4.90 Å². The molecule has 2 N–H and O–H groups in total. The summed E-state index contributed by atoms with van der Waals surface area (Å²) in [5.74, 6) is 0.879. The molecule has 1 saturated carbocycles. The van der Waals surface area contributed by atoms with Gasteiger partial charge in [-0.15, -0.1) is 0 Å². The van der Waals surface area contributed by atoms with Crippen LogP contribution in [-0.2, 0) is 0 Å². The van der Waals surface area contributed by atoms with Gasteiger partial charge in [0.2, 0.25) is 0 Å². The largest absolute Gasteiger partial charge is 0.330 e. The highest BCUT2D eigenvalue weighted by Crippen LogP contribution is 2.37. The van der Waals surface area contributed by atoms with E-state index in [0.29, 0.717) is 5.41 Å². The number of hydrogen-bond acceptors (Lipinski definition) is 2. The van der Waals surface area contributed by atoms with Gasteiger partial charge in [-0.05, 0) is 50.5 Å². The van der Waals surface area contributed by atoms with Crippen LogP contribution in [0.2, 0.25) is 0 Å². The van der Waals surface area contributed by atoms with Crippen LogP contribution in [0.15, 0.2) is 0 Å². The maximum atomic E-state index is 6.11.